The van der Waals surface area contributed by atoms with Crippen LogP contribution in [-0.2, 0) is 14.3 Å². The van der Waals surface area contributed by atoms with Crippen molar-refractivity contribution >= 4 is 18.0 Å². The van der Waals surface area contributed by atoms with Gasteiger partial charge in [0.05, 0.1) is 6.04 Å². The summed E-state index contributed by atoms with van der Waals surface area (Å²) < 4.78 is 5.65. The van der Waals surface area contributed by atoms with Crippen molar-refractivity contribution in [3.8, 4) is 11.1 Å². The van der Waals surface area contributed by atoms with Gasteiger partial charge in [0.25, 0.3) is 0 Å². The fraction of sp³-hybridized carbons (Fsp3) is 0.393. The van der Waals surface area contributed by atoms with Crippen molar-refractivity contribution in [3.63, 3.8) is 0 Å². The van der Waals surface area contributed by atoms with Crippen molar-refractivity contribution in [3.05, 3.63) is 71.8 Å². The number of alkyl carbamates (subject to hydrolysis) is 1. The molecule has 7 nitrogen and oxygen atoms in total. The Kier molecular flexibility index (Phi) is 5.16. The van der Waals surface area contributed by atoms with Crippen molar-refractivity contribution in [1.82, 2.24) is 10.2 Å². The minimum Gasteiger partial charge on any atom is -0.479 e. The van der Waals surface area contributed by atoms with E-state index in [1.54, 1.807) is 4.90 Å². The van der Waals surface area contributed by atoms with Gasteiger partial charge in [0.1, 0.15) is 12.1 Å². The molecule has 2 amide bonds. The molecule has 0 spiro atoms. The van der Waals surface area contributed by atoms with Crippen LogP contribution in [0.15, 0.2) is 60.7 Å². The number of rotatable bonds is 5. The van der Waals surface area contributed by atoms with Gasteiger partial charge in [0, 0.05) is 18.4 Å². The lowest BCUT2D eigenvalue weighted by Crippen LogP contribution is -2.56. The minimum absolute atomic E-state index is 0.0155. The van der Waals surface area contributed by atoms with E-state index in [1.807, 2.05) is 36.4 Å². The van der Waals surface area contributed by atoms with Crippen molar-refractivity contribution in [2.24, 2.45) is 11.8 Å². The summed E-state index contributed by atoms with van der Waals surface area (Å²) in [5.41, 5.74) is 3.64. The third-order valence-electron chi connectivity index (χ3n) is 8.20. The highest BCUT2D eigenvalue weighted by Gasteiger charge is 2.63. The van der Waals surface area contributed by atoms with Crippen molar-refractivity contribution < 1.29 is 24.2 Å². The predicted molar refractivity (Wildman–Crippen MR) is 129 cm³/mol. The summed E-state index contributed by atoms with van der Waals surface area (Å²) >= 11 is 0. The van der Waals surface area contributed by atoms with Gasteiger partial charge in [-0.25, -0.2) is 9.59 Å². The van der Waals surface area contributed by atoms with E-state index in [1.165, 1.54) is 11.1 Å². The number of allylic oxidation sites excluding steroid dienone is 1. The first-order chi connectivity index (χ1) is 17.0. The molecule has 5 aliphatic rings. The van der Waals surface area contributed by atoms with E-state index in [9.17, 15) is 19.5 Å². The van der Waals surface area contributed by atoms with Crippen LogP contribution in [0.3, 0.4) is 0 Å². The zero-order valence-corrected chi connectivity index (χ0v) is 19.4. The van der Waals surface area contributed by atoms with Gasteiger partial charge >= 0.3 is 12.1 Å². The molecule has 2 unspecified atom stereocenters. The quantitative estimate of drug-likeness (QED) is 0.643. The van der Waals surface area contributed by atoms with E-state index in [0.29, 0.717) is 38.1 Å². The van der Waals surface area contributed by atoms with Gasteiger partial charge in [0.15, 0.2) is 0 Å². The SMILES string of the molecule is O=C(NC1C=CCC(C(=O)N2CC3CC2(C(=O)O)C3)C1)OCC1c2ccccc2-c2ccccc21. The van der Waals surface area contributed by atoms with E-state index in [-0.39, 0.29) is 30.4 Å². The Bertz CT molecular complexity index is 1190. The number of nitrogens with zero attached hydrogens (tertiary/aromatic N) is 1. The molecule has 3 fully saturated rings. The largest absolute Gasteiger partial charge is 0.479 e. The molecule has 0 radical (unpaired) electrons. The maximum absolute atomic E-state index is 13.2. The number of benzene rings is 2. The molecular formula is C28H28N2O5. The maximum atomic E-state index is 13.2. The Balaban J connectivity index is 1.08. The molecule has 7 heteroatoms. The fourth-order valence-electron chi connectivity index (χ4n) is 6.48. The number of ether oxygens (including phenoxy) is 1. The van der Waals surface area contributed by atoms with E-state index >= 15 is 0 Å². The number of hydrogen-bond donors (Lipinski definition) is 2. The molecule has 2 heterocycles. The second-order valence-electron chi connectivity index (χ2n) is 10.2. The summed E-state index contributed by atoms with van der Waals surface area (Å²) in [6.45, 7) is 0.755. The molecule has 0 aromatic heterocycles. The molecule has 1 saturated carbocycles. The monoisotopic (exact) mass is 472 g/mol. The van der Waals surface area contributed by atoms with Crippen LogP contribution in [-0.4, -0.2) is 52.7 Å². The molecule has 180 valence electrons. The van der Waals surface area contributed by atoms with Gasteiger partial charge in [-0.3, -0.25) is 4.79 Å². The molecule has 2 atom stereocenters. The number of carbonyl (C=O) groups is 3. The average molecular weight is 473 g/mol. The number of hydrogen-bond acceptors (Lipinski definition) is 4. The third-order valence-corrected chi connectivity index (χ3v) is 8.20. The number of carboxylic acid groups (broad SMARTS) is 1. The van der Waals surface area contributed by atoms with Gasteiger partial charge < -0.3 is 20.1 Å². The molecule has 2 N–H and O–H groups in total. The zero-order valence-electron chi connectivity index (χ0n) is 19.4. The van der Waals surface area contributed by atoms with Crippen LogP contribution >= 0.6 is 0 Å². The lowest BCUT2D eigenvalue weighted by atomic mass is 9.73. The molecule has 2 aromatic rings. The standard InChI is InChI=1S/C28H28N2O5/c31-25(30-15-17-13-28(30,14-17)26(32)33)18-6-5-7-19(12-18)29-27(34)35-16-24-22-10-3-1-8-20(22)21-9-2-4-11-23(21)24/h1-5,7-11,17-19,24H,6,12-16H2,(H,29,34)(H,32,33). The Morgan fingerprint density at radius 2 is 1.69 bits per heavy atom. The highest BCUT2D eigenvalue weighted by atomic mass is 16.5. The summed E-state index contributed by atoms with van der Waals surface area (Å²) in [5, 5.41) is 12.6. The van der Waals surface area contributed by atoms with Crippen molar-refractivity contribution in [1.29, 1.82) is 0 Å². The first-order valence-electron chi connectivity index (χ1n) is 12.3. The van der Waals surface area contributed by atoms with Gasteiger partial charge in [-0.1, -0.05) is 60.7 Å². The number of aliphatic carboxylic acids is 1. The van der Waals surface area contributed by atoms with Crippen molar-refractivity contribution in [2.75, 3.05) is 13.2 Å². The van der Waals surface area contributed by atoms with Gasteiger partial charge in [-0.05, 0) is 53.9 Å². The molecule has 3 aliphatic carbocycles. The Morgan fingerprint density at radius 3 is 2.34 bits per heavy atom. The predicted octanol–water partition coefficient (Wildman–Crippen LogP) is 3.94. The first kappa shape index (κ1) is 21.9. The number of carbonyl (C=O) groups excluding carboxylic acids is 2. The van der Waals surface area contributed by atoms with E-state index in [2.05, 4.69) is 29.6 Å². The first-order valence-corrected chi connectivity index (χ1v) is 12.3. The van der Waals surface area contributed by atoms with Crippen LogP contribution in [0.2, 0.25) is 0 Å². The molecule has 35 heavy (non-hydrogen) atoms. The second-order valence-corrected chi connectivity index (χ2v) is 10.2. The maximum Gasteiger partial charge on any atom is 0.407 e. The summed E-state index contributed by atoms with van der Waals surface area (Å²) in [6, 6.07) is 16.0. The van der Waals surface area contributed by atoms with E-state index in [0.717, 1.165) is 11.1 Å². The molecule has 7 rings (SSSR count). The topological polar surface area (TPSA) is 95.9 Å². The summed E-state index contributed by atoms with van der Waals surface area (Å²) in [4.78, 5) is 39.3. The molecule has 2 bridgehead atoms. The van der Waals surface area contributed by atoms with Crippen LogP contribution in [0.4, 0.5) is 4.79 Å². The summed E-state index contributed by atoms with van der Waals surface area (Å²) in [5.74, 6) is -1.08. The van der Waals surface area contributed by atoms with Crippen LogP contribution in [0, 0.1) is 11.8 Å². The van der Waals surface area contributed by atoms with Crippen LogP contribution in [0.25, 0.3) is 11.1 Å². The normalized spacial score (nSPS) is 28.1. The van der Waals surface area contributed by atoms with Crippen LogP contribution < -0.4 is 5.32 Å². The lowest BCUT2D eigenvalue weighted by Gasteiger charge is -2.39. The van der Waals surface area contributed by atoms with E-state index < -0.39 is 17.6 Å². The highest BCUT2D eigenvalue weighted by Crippen LogP contribution is 2.51. The molecule has 2 aromatic carbocycles. The molecular weight excluding hydrogens is 444 g/mol. The molecule has 2 saturated heterocycles. The number of fused-ring (bicyclic) bond motifs is 4. The molecule has 2 aliphatic heterocycles. The summed E-state index contributed by atoms with van der Waals surface area (Å²) in [7, 11) is 0. The van der Waals surface area contributed by atoms with Crippen molar-refractivity contribution in [2.45, 2.75) is 43.2 Å². The number of amides is 2. The van der Waals surface area contributed by atoms with E-state index in [4.69, 9.17) is 4.74 Å². The smallest absolute Gasteiger partial charge is 0.407 e. The van der Waals surface area contributed by atoms with Crippen LogP contribution in [0.5, 0.6) is 0 Å². The highest BCUT2D eigenvalue weighted by molar-refractivity contribution is 5.90. The Labute approximate surface area is 203 Å². The Hall–Kier alpha value is -3.61. The number of carboxylic acids is 1. The van der Waals surface area contributed by atoms with Gasteiger partial charge in [0.2, 0.25) is 5.91 Å². The summed E-state index contributed by atoms with van der Waals surface area (Å²) in [6.07, 6.45) is 5.38. The van der Waals surface area contributed by atoms with Gasteiger partial charge in [-0.15, -0.1) is 0 Å². The number of nitrogens with one attached hydrogen (secondary N) is 1. The third kappa shape index (κ3) is 3.52. The zero-order chi connectivity index (χ0) is 24.2. The lowest BCUT2D eigenvalue weighted by molar-refractivity contribution is -0.160. The average Bonchev–Trinajstić information content (AvgIpc) is 3.51. The fourth-order valence-corrected chi connectivity index (χ4v) is 6.48. The van der Waals surface area contributed by atoms with Crippen LogP contribution in [0.1, 0.15) is 42.7 Å². The van der Waals surface area contributed by atoms with Gasteiger partial charge in [-0.2, -0.15) is 0 Å². The second kappa shape index (κ2) is 8.26. The minimum atomic E-state index is -1.02. The Morgan fingerprint density at radius 1 is 1.03 bits per heavy atom.